The number of carbonyl (C=O) groups excluding carboxylic acids is 3. The van der Waals surface area contributed by atoms with Crippen molar-refractivity contribution in [3.05, 3.63) is 40.4 Å². The lowest BCUT2D eigenvalue weighted by atomic mass is 10.1. The molecule has 128 valence electrons. The van der Waals surface area contributed by atoms with E-state index in [1.165, 1.54) is 16.2 Å². The first kappa shape index (κ1) is 15.9. The smallest absolute Gasteiger partial charge is 0.257 e. The number of nitrogens with zero attached hydrogens (tertiary/aromatic N) is 3. The van der Waals surface area contributed by atoms with Gasteiger partial charge in [-0.15, -0.1) is 10.2 Å². The molecule has 1 aromatic heterocycles. The molecule has 8 heteroatoms. The monoisotopic (exact) mass is 356 g/mol. The minimum Gasteiger partial charge on any atom is -0.296 e. The summed E-state index contributed by atoms with van der Waals surface area (Å²) >= 11 is 1.42. The topological polar surface area (TPSA) is 92.3 Å². The number of likely N-dealkylation sites (tertiary alicyclic amines) is 1. The first-order valence-electron chi connectivity index (χ1n) is 8.17. The van der Waals surface area contributed by atoms with Gasteiger partial charge < -0.3 is 0 Å². The fraction of sp³-hybridized carbons (Fsp3) is 0.353. The Balaban J connectivity index is 1.39. The van der Waals surface area contributed by atoms with E-state index in [9.17, 15) is 14.4 Å². The Kier molecular flexibility index (Phi) is 4.04. The molecule has 2 aliphatic rings. The zero-order valence-corrected chi connectivity index (χ0v) is 14.2. The Hall–Kier alpha value is -2.61. The summed E-state index contributed by atoms with van der Waals surface area (Å²) in [5, 5.41) is 12.3. The average Bonchev–Trinajstić information content (AvgIpc) is 3.29. The largest absolute Gasteiger partial charge is 0.296 e. The Morgan fingerprint density at radius 2 is 1.80 bits per heavy atom. The van der Waals surface area contributed by atoms with Crippen LogP contribution in [-0.4, -0.2) is 32.8 Å². The van der Waals surface area contributed by atoms with Crippen molar-refractivity contribution in [2.75, 3.05) is 5.32 Å². The summed E-state index contributed by atoms with van der Waals surface area (Å²) in [5.41, 5.74) is 1.30. The van der Waals surface area contributed by atoms with Crippen LogP contribution < -0.4 is 5.32 Å². The van der Waals surface area contributed by atoms with Gasteiger partial charge in [-0.3, -0.25) is 24.6 Å². The summed E-state index contributed by atoms with van der Waals surface area (Å²) in [4.78, 5) is 36.8. The van der Waals surface area contributed by atoms with Gasteiger partial charge in [0, 0.05) is 24.3 Å². The van der Waals surface area contributed by atoms with Gasteiger partial charge in [0.25, 0.3) is 5.91 Å². The van der Waals surface area contributed by atoms with Crippen molar-refractivity contribution in [3.63, 3.8) is 0 Å². The Bertz CT molecular complexity index is 826. The molecular weight excluding hydrogens is 340 g/mol. The van der Waals surface area contributed by atoms with E-state index in [4.69, 9.17) is 0 Å². The number of rotatable bonds is 5. The van der Waals surface area contributed by atoms with Gasteiger partial charge in [-0.1, -0.05) is 23.5 Å². The molecule has 1 saturated heterocycles. The Labute approximate surface area is 148 Å². The molecule has 0 unspecified atom stereocenters. The third kappa shape index (κ3) is 3.43. The van der Waals surface area contributed by atoms with Crippen LogP contribution in [0.25, 0.3) is 0 Å². The maximum atomic E-state index is 12.3. The first-order chi connectivity index (χ1) is 12.1. The Morgan fingerprint density at radius 1 is 1.12 bits per heavy atom. The molecule has 1 saturated carbocycles. The number of aromatic nitrogens is 2. The van der Waals surface area contributed by atoms with Crippen LogP contribution in [0.4, 0.5) is 5.13 Å². The second-order valence-corrected chi connectivity index (χ2v) is 7.25. The number of hydrogen-bond acceptors (Lipinski definition) is 6. The summed E-state index contributed by atoms with van der Waals surface area (Å²) in [6.45, 7) is 0.251. The predicted octanol–water partition coefficient (Wildman–Crippen LogP) is 2.32. The number of nitrogens with one attached hydrogen (secondary N) is 1. The summed E-state index contributed by atoms with van der Waals surface area (Å²) in [5.74, 6) is -0.0269. The maximum absolute atomic E-state index is 12.3. The van der Waals surface area contributed by atoms with E-state index in [0.717, 1.165) is 23.4 Å². The Morgan fingerprint density at radius 3 is 2.44 bits per heavy atom. The highest BCUT2D eigenvalue weighted by atomic mass is 32.1. The summed E-state index contributed by atoms with van der Waals surface area (Å²) in [6.07, 6.45) is 2.85. The van der Waals surface area contributed by atoms with E-state index >= 15 is 0 Å². The molecule has 0 spiro atoms. The van der Waals surface area contributed by atoms with E-state index < -0.39 is 0 Å². The highest BCUT2D eigenvalue weighted by Gasteiger charge is 2.29. The molecule has 3 amide bonds. The van der Waals surface area contributed by atoms with Crippen molar-refractivity contribution in [1.29, 1.82) is 0 Å². The van der Waals surface area contributed by atoms with Crippen LogP contribution in [0.1, 0.15) is 52.5 Å². The normalized spacial score (nSPS) is 17.2. The molecule has 7 nitrogen and oxygen atoms in total. The summed E-state index contributed by atoms with van der Waals surface area (Å²) in [6, 6.07) is 6.87. The van der Waals surface area contributed by atoms with Crippen LogP contribution in [-0.2, 0) is 16.1 Å². The number of hydrogen-bond donors (Lipinski definition) is 1. The van der Waals surface area contributed by atoms with Crippen molar-refractivity contribution in [2.45, 2.75) is 38.1 Å². The minimum absolute atomic E-state index is 0.144. The van der Waals surface area contributed by atoms with E-state index in [-0.39, 0.29) is 37.1 Å². The number of carbonyl (C=O) groups is 3. The molecule has 2 fully saturated rings. The van der Waals surface area contributed by atoms with Crippen LogP contribution in [0.15, 0.2) is 24.3 Å². The molecule has 1 aromatic carbocycles. The quantitative estimate of drug-likeness (QED) is 0.830. The van der Waals surface area contributed by atoms with Crippen molar-refractivity contribution in [3.8, 4) is 0 Å². The van der Waals surface area contributed by atoms with Gasteiger partial charge in [-0.25, -0.2) is 0 Å². The molecule has 4 rings (SSSR count). The molecule has 1 N–H and O–H groups in total. The lowest BCUT2D eigenvalue weighted by molar-refractivity contribution is -0.139. The number of anilines is 1. The van der Waals surface area contributed by atoms with Gasteiger partial charge in [0.15, 0.2) is 0 Å². The van der Waals surface area contributed by atoms with Crippen molar-refractivity contribution in [1.82, 2.24) is 15.1 Å². The molecule has 0 radical (unpaired) electrons. The minimum atomic E-state index is -0.252. The second kappa shape index (κ2) is 6.36. The van der Waals surface area contributed by atoms with Gasteiger partial charge in [0.05, 0.1) is 6.54 Å². The number of amides is 3. The molecule has 1 aliphatic carbocycles. The zero-order chi connectivity index (χ0) is 17.4. The maximum Gasteiger partial charge on any atom is 0.257 e. The molecular formula is C17H16N4O3S. The van der Waals surface area contributed by atoms with Crippen LogP contribution in [0.5, 0.6) is 0 Å². The van der Waals surface area contributed by atoms with E-state index in [0.29, 0.717) is 16.6 Å². The SMILES string of the molecule is O=C(Nc1nnc(C2CC2)s1)c1ccc(CN2C(=O)CCC2=O)cc1. The first-order valence-corrected chi connectivity index (χ1v) is 8.98. The van der Waals surface area contributed by atoms with Gasteiger partial charge >= 0.3 is 0 Å². The van der Waals surface area contributed by atoms with Gasteiger partial charge in [0.2, 0.25) is 16.9 Å². The third-order valence-electron chi connectivity index (χ3n) is 4.30. The highest BCUT2D eigenvalue weighted by Crippen LogP contribution is 2.42. The van der Waals surface area contributed by atoms with Crippen LogP contribution in [0.2, 0.25) is 0 Å². The van der Waals surface area contributed by atoms with Crippen molar-refractivity contribution >= 4 is 34.2 Å². The fourth-order valence-corrected chi connectivity index (χ4v) is 3.60. The second-order valence-electron chi connectivity index (χ2n) is 6.24. The molecule has 25 heavy (non-hydrogen) atoms. The lowest BCUT2D eigenvalue weighted by Crippen LogP contribution is -2.28. The van der Waals surface area contributed by atoms with Crippen LogP contribution in [0.3, 0.4) is 0 Å². The zero-order valence-electron chi connectivity index (χ0n) is 13.4. The van der Waals surface area contributed by atoms with Crippen LogP contribution >= 0.6 is 11.3 Å². The number of benzene rings is 1. The van der Waals surface area contributed by atoms with Gasteiger partial charge in [-0.2, -0.15) is 0 Å². The molecule has 0 atom stereocenters. The highest BCUT2D eigenvalue weighted by molar-refractivity contribution is 7.15. The molecule has 2 aromatic rings. The summed E-state index contributed by atoms with van der Waals surface area (Å²) in [7, 11) is 0. The third-order valence-corrected chi connectivity index (χ3v) is 5.30. The molecule has 1 aliphatic heterocycles. The molecule has 0 bridgehead atoms. The fourth-order valence-electron chi connectivity index (χ4n) is 2.69. The van der Waals surface area contributed by atoms with Crippen molar-refractivity contribution in [2.24, 2.45) is 0 Å². The lowest BCUT2D eigenvalue weighted by Gasteiger charge is -2.13. The van der Waals surface area contributed by atoms with E-state index in [1.54, 1.807) is 24.3 Å². The van der Waals surface area contributed by atoms with Crippen LogP contribution in [0, 0.1) is 0 Å². The summed E-state index contributed by atoms with van der Waals surface area (Å²) < 4.78 is 0. The van der Waals surface area contributed by atoms with Gasteiger partial charge in [-0.05, 0) is 30.5 Å². The van der Waals surface area contributed by atoms with Crippen molar-refractivity contribution < 1.29 is 14.4 Å². The van der Waals surface area contributed by atoms with E-state index in [1.807, 2.05) is 0 Å². The van der Waals surface area contributed by atoms with E-state index in [2.05, 4.69) is 15.5 Å². The molecule has 2 heterocycles. The standard InChI is InChI=1S/C17H16N4O3S/c22-13-7-8-14(23)21(13)9-10-1-3-11(4-2-10)15(24)18-17-20-19-16(25-17)12-5-6-12/h1-4,12H,5-9H2,(H,18,20,24). The number of imide groups is 1. The predicted molar refractivity (Wildman–Crippen MR) is 91.1 cm³/mol. The average molecular weight is 356 g/mol. The van der Waals surface area contributed by atoms with Gasteiger partial charge in [0.1, 0.15) is 5.01 Å².